The van der Waals surface area contributed by atoms with Crippen molar-refractivity contribution >= 4 is 22.9 Å². The third-order valence-corrected chi connectivity index (χ3v) is 4.76. The van der Waals surface area contributed by atoms with E-state index in [4.69, 9.17) is 5.73 Å². The summed E-state index contributed by atoms with van der Waals surface area (Å²) < 4.78 is 0. The zero-order valence-corrected chi connectivity index (χ0v) is 13.2. The number of aryl methyl sites for hydroxylation is 2. The van der Waals surface area contributed by atoms with Crippen LogP contribution in [-0.2, 0) is 6.54 Å². The van der Waals surface area contributed by atoms with Crippen LogP contribution in [0.3, 0.4) is 0 Å². The van der Waals surface area contributed by atoms with Crippen molar-refractivity contribution in [2.75, 3.05) is 5.73 Å². The van der Waals surface area contributed by atoms with E-state index in [1.807, 2.05) is 30.9 Å². The van der Waals surface area contributed by atoms with Crippen molar-refractivity contribution in [3.8, 4) is 0 Å². The summed E-state index contributed by atoms with van der Waals surface area (Å²) in [5, 5.41) is 4.17. The average molecular weight is 300 g/mol. The SMILES string of the molecule is Cc1cc(C)c(C(=O)N(Cc2ccsc2)C2CC2)cc1N. The number of rotatable bonds is 4. The van der Waals surface area contributed by atoms with Gasteiger partial charge in [0.05, 0.1) is 0 Å². The summed E-state index contributed by atoms with van der Waals surface area (Å²) in [5.41, 5.74) is 10.6. The standard InChI is InChI=1S/C17H20N2OS/c1-11-7-12(2)16(18)8-15(11)17(20)19(14-3-4-14)9-13-5-6-21-10-13/h5-8,10,14H,3-4,9,18H2,1-2H3. The molecule has 1 heterocycles. The lowest BCUT2D eigenvalue weighted by Gasteiger charge is -2.23. The quantitative estimate of drug-likeness (QED) is 0.874. The summed E-state index contributed by atoms with van der Waals surface area (Å²) in [7, 11) is 0. The van der Waals surface area contributed by atoms with E-state index in [0.29, 0.717) is 18.3 Å². The second-order valence-corrected chi connectivity index (χ2v) is 6.60. The summed E-state index contributed by atoms with van der Waals surface area (Å²) in [6.07, 6.45) is 2.21. The van der Waals surface area contributed by atoms with Crippen molar-refractivity contribution in [2.24, 2.45) is 0 Å². The molecule has 110 valence electrons. The van der Waals surface area contributed by atoms with Crippen molar-refractivity contribution in [3.05, 3.63) is 51.2 Å². The topological polar surface area (TPSA) is 46.3 Å². The van der Waals surface area contributed by atoms with Gasteiger partial charge in [0.25, 0.3) is 5.91 Å². The molecule has 1 aliphatic rings. The molecule has 2 N–H and O–H groups in total. The first-order valence-electron chi connectivity index (χ1n) is 7.25. The van der Waals surface area contributed by atoms with Gasteiger partial charge in [0.2, 0.25) is 0 Å². The van der Waals surface area contributed by atoms with E-state index in [0.717, 1.165) is 29.5 Å². The minimum Gasteiger partial charge on any atom is -0.398 e. The zero-order valence-electron chi connectivity index (χ0n) is 12.4. The number of amides is 1. The summed E-state index contributed by atoms with van der Waals surface area (Å²) in [5.74, 6) is 0.105. The van der Waals surface area contributed by atoms with Crippen LogP contribution >= 0.6 is 11.3 Å². The molecule has 0 spiro atoms. The number of hydrogen-bond donors (Lipinski definition) is 1. The second kappa shape index (κ2) is 5.53. The first kappa shape index (κ1) is 14.1. The van der Waals surface area contributed by atoms with Crippen molar-refractivity contribution < 1.29 is 4.79 Å². The summed E-state index contributed by atoms with van der Waals surface area (Å²) in [6, 6.07) is 6.30. The van der Waals surface area contributed by atoms with Crippen LogP contribution in [0, 0.1) is 13.8 Å². The van der Waals surface area contributed by atoms with Crippen molar-refractivity contribution in [2.45, 2.75) is 39.3 Å². The maximum Gasteiger partial charge on any atom is 0.254 e. The average Bonchev–Trinajstić information content (AvgIpc) is 3.16. The van der Waals surface area contributed by atoms with Crippen LogP contribution in [0.15, 0.2) is 29.0 Å². The predicted molar refractivity (Wildman–Crippen MR) is 87.5 cm³/mol. The van der Waals surface area contributed by atoms with Crippen molar-refractivity contribution in [1.82, 2.24) is 4.90 Å². The Bertz CT molecular complexity index is 660. The van der Waals surface area contributed by atoms with Crippen molar-refractivity contribution in [1.29, 1.82) is 0 Å². The van der Waals surface area contributed by atoms with Crippen LogP contribution in [0.5, 0.6) is 0 Å². The van der Waals surface area contributed by atoms with Gasteiger partial charge in [-0.15, -0.1) is 0 Å². The molecule has 0 aliphatic heterocycles. The number of hydrogen-bond acceptors (Lipinski definition) is 3. The molecule has 1 aromatic carbocycles. The van der Waals surface area contributed by atoms with Gasteiger partial charge >= 0.3 is 0 Å². The van der Waals surface area contributed by atoms with Gasteiger partial charge in [-0.2, -0.15) is 11.3 Å². The number of carbonyl (C=O) groups is 1. The van der Waals surface area contributed by atoms with Gasteiger partial charge in [-0.05, 0) is 66.3 Å². The number of nitrogen functional groups attached to an aromatic ring is 1. The molecule has 1 aliphatic carbocycles. The van der Waals surface area contributed by atoms with E-state index in [2.05, 4.69) is 16.8 Å². The fourth-order valence-corrected chi connectivity index (χ4v) is 3.25. The van der Waals surface area contributed by atoms with Crippen LogP contribution in [-0.4, -0.2) is 16.8 Å². The Balaban J connectivity index is 1.89. The highest BCUT2D eigenvalue weighted by molar-refractivity contribution is 7.07. The maximum absolute atomic E-state index is 12.9. The zero-order chi connectivity index (χ0) is 15.0. The molecule has 2 aromatic rings. The lowest BCUT2D eigenvalue weighted by molar-refractivity contribution is 0.0729. The van der Waals surface area contributed by atoms with E-state index in [-0.39, 0.29) is 5.91 Å². The molecule has 21 heavy (non-hydrogen) atoms. The Kier molecular flexibility index (Phi) is 3.72. The van der Waals surface area contributed by atoms with Gasteiger partial charge in [-0.25, -0.2) is 0 Å². The first-order chi connectivity index (χ1) is 10.1. The molecule has 0 atom stereocenters. The predicted octanol–water partition coefficient (Wildman–Crippen LogP) is 3.75. The molecule has 1 aromatic heterocycles. The molecule has 0 saturated heterocycles. The lowest BCUT2D eigenvalue weighted by Crippen LogP contribution is -2.33. The van der Waals surface area contributed by atoms with Crippen molar-refractivity contribution in [3.63, 3.8) is 0 Å². The smallest absolute Gasteiger partial charge is 0.254 e. The Morgan fingerprint density at radius 2 is 2.10 bits per heavy atom. The highest BCUT2D eigenvalue weighted by Gasteiger charge is 2.33. The van der Waals surface area contributed by atoms with Crippen LogP contribution < -0.4 is 5.73 Å². The van der Waals surface area contributed by atoms with Gasteiger partial charge in [0.15, 0.2) is 0 Å². The number of anilines is 1. The Morgan fingerprint density at radius 3 is 2.71 bits per heavy atom. The van der Waals surface area contributed by atoms with E-state index in [9.17, 15) is 4.79 Å². The molecule has 0 radical (unpaired) electrons. The minimum atomic E-state index is 0.105. The number of thiophene rings is 1. The van der Waals surface area contributed by atoms with Gasteiger partial charge in [0.1, 0.15) is 0 Å². The monoisotopic (exact) mass is 300 g/mol. The number of nitrogens with zero attached hydrogens (tertiary/aromatic N) is 1. The highest BCUT2D eigenvalue weighted by atomic mass is 32.1. The Hall–Kier alpha value is -1.81. The van der Waals surface area contributed by atoms with E-state index in [1.54, 1.807) is 11.3 Å². The molecular formula is C17H20N2OS. The molecule has 1 saturated carbocycles. The van der Waals surface area contributed by atoms with E-state index >= 15 is 0 Å². The molecule has 1 amide bonds. The molecule has 4 heteroatoms. The number of carbonyl (C=O) groups excluding carboxylic acids is 1. The Labute approximate surface area is 129 Å². The van der Waals surface area contributed by atoms with E-state index < -0.39 is 0 Å². The molecular weight excluding hydrogens is 280 g/mol. The van der Waals surface area contributed by atoms with Gasteiger partial charge < -0.3 is 10.6 Å². The molecule has 0 bridgehead atoms. The molecule has 3 nitrogen and oxygen atoms in total. The largest absolute Gasteiger partial charge is 0.398 e. The van der Waals surface area contributed by atoms with Crippen LogP contribution in [0.2, 0.25) is 0 Å². The third-order valence-electron chi connectivity index (χ3n) is 4.02. The minimum absolute atomic E-state index is 0.105. The fourth-order valence-electron chi connectivity index (χ4n) is 2.59. The Morgan fingerprint density at radius 1 is 1.33 bits per heavy atom. The molecule has 0 unspecified atom stereocenters. The normalized spacial score (nSPS) is 14.2. The summed E-state index contributed by atoms with van der Waals surface area (Å²) >= 11 is 1.67. The molecule has 1 fully saturated rings. The van der Waals surface area contributed by atoms with E-state index in [1.165, 1.54) is 5.56 Å². The van der Waals surface area contributed by atoms with Crippen LogP contribution in [0.1, 0.15) is 39.9 Å². The maximum atomic E-state index is 12.9. The first-order valence-corrected chi connectivity index (χ1v) is 8.19. The van der Waals surface area contributed by atoms with Crippen LogP contribution in [0.4, 0.5) is 5.69 Å². The fraction of sp³-hybridized carbons (Fsp3) is 0.353. The highest BCUT2D eigenvalue weighted by Crippen LogP contribution is 2.31. The van der Waals surface area contributed by atoms with Gasteiger partial charge in [-0.1, -0.05) is 6.07 Å². The van der Waals surface area contributed by atoms with Gasteiger partial charge in [-0.3, -0.25) is 4.79 Å². The summed E-state index contributed by atoms with van der Waals surface area (Å²) in [6.45, 7) is 4.65. The number of nitrogens with two attached hydrogens (primary N) is 1. The number of benzene rings is 1. The second-order valence-electron chi connectivity index (χ2n) is 5.82. The summed E-state index contributed by atoms with van der Waals surface area (Å²) in [4.78, 5) is 14.9. The lowest BCUT2D eigenvalue weighted by atomic mass is 10.0. The third kappa shape index (κ3) is 2.95. The van der Waals surface area contributed by atoms with Crippen LogP contribution in [0.25, 0.3) is 0 Å². The van der Waals surface area contributed by atoms with Gasteiger partial charge in [0, 0.05) is 23.8 Å². The molecule has 3 rings (SSSR count).